The first kappa shape index (κ1) is 19.6. The normalized spacial score (nSPS) is 11.0. The van der Waals surface area contributed by atoms with E-state index in [1.165, 1.54) is 31.4 Å². The van der Waals surface area contributed by atoms with Crippen LogP contribution in [-0.2, 0) is 4.74 Å². The second-order valence-corrected chi connectivity index (χ2v) is 5.11. The van der Waals surface area contributed by atoms with Crippen LogP contribution < -0.4 is 14.2 Å². The van der Waals surface area contributed by atoms with E-state index in [-0.39, 0.29) is 17.1 Å². The summed E-state index contributed by atoms with van der Waals surface area (Å²) in [6.45, 7) is 0. The summed E-state index contributed by atoms with van der Waals surface area (Å²) in [4.78, 5) is 11.4. The second kappa shape index (κ2) is 7.69. The van der Waals surface area contributed by atoms with Crippen molar-refractivity contribution in [1.29, 1.82) is 0 Å². The molecule has 0 bridgehead atoms. The number of halogens is 5. The molecule has 0 spiro atoms. The van der Waals surface area contributed by atoms with Gasteiger partial charge in [-0.15, -0.1) is 13.2 Å². The van der Waals surface area contributed by atoms with E-state index in [0.29, 0.717) is 0 Å². The lowest BCUT2D eigenvalue weighted by atomic mass is 10.2. The quantitative estimate of drug-likeness (QED) is 0.529. The monoisotopic (exact) mass is 394 g/mol. The molecular weight excluding hydrogens is 384 g/mol. The first-order valence-electron chi connectivity index (χ1n) is 6.84. The van der Waals surface area contributed by atoms with Crippen LogP contribution in [0.3, 0.4) is 0 Å². The van der Waals surface area contributed by atoms with Crippen molar-refractivity contribution in [2.24, 2.45) is 0 Å². The predicted molar refractivity (Wildman–Crippen MR) is 82.5 cm³/mol. The van der Waals surface area contributed by atoms with Crippen molar-refractivity contribution in [3.8, 4) is 23.0 Å². The molecule has 2 aromatic rings. The fourth-order valence-electron chi connectivity index (χ4n) is 1.94. The Kier molecular flexibility index (Phi) is 5.81. The summed E-state index contributed by atoms with van der Waals surface area (Å²) >= 11 is 5.66. The van der Waals surface area contributed by atoms with Crippen molar-refractivity contribution in [3.05, 3.63) is 46.7 Å². The van der Waals surface area contributed by atoms with Crippen LogP contribution in [-0.4, -0.2) is 26.6 Å². The van der Waals surface area contributed by atoms with Gasteiger partial charge in [-0.3, -0.25) is 0 Å². The number of alkyl halides is 3. The Bertz CT molecular complexity index is 806. The maximum absolute atomic E-state index is 14.3. The van der Waals surface area contributed by atoms with Crippen molar-refractivity contribution < 1.29 is 41.3 Å². The minimum Gasteiger partial charge on any atom is -0.490 e. The molecule has 2 rings (SSSR count). The average molecular weight is 395 g/mol. The number of esters is 1. The molecule has 0 aliphatic heterocycles. The Balaban J connectivity index is 2.36. The number of carbonyl (C=O) groups excluding carboxylic acids is 1. The summed E-state index contributed by atoms with van der Waals surface area (Å²) in [5.41, 5.74) is 0.241. The van der Waals surface area contributed by atoms with E-state index in [1.807, 2.05) is 0 Å². The Morgan fingerprint density at radius 1 is 1.08 bits per heavy atom. The minimum absolute atomic E-state index is 0.149. The average Bonchev–Trinajstić information content (AvgIpc) is 2.58. The standard InChI is InChI=1S/C16H11ClF4O5/c1-23-14-11(7-10(17)13(12(14)18)26-16(19,20)21)25-9-5-3-8(4-6-9)15(22)24-2/h3-7H,1-2H3. The zero-order chi connectivity index (χ0) is 19.5. The molecule has 2 aromatic carbocycles. The van der Waals surface area contributed by atoms with Crippen LogP contribution in [0.1, 0.15) is 10.4 Å². The molecule has 0 atom stereocenters. The molecule has 0 radical (unpaired) electrons. The fourth-order valence-corrected chi connectivity index (χ4v) is 2.16. The molecule has 0 heterocycles. The van der Waals surface area contributed by atoms with E-state index in [0.717, 1.165) is 13.2 Å². The Morgan fingerprint density at radius 3 is 2.19 bits per heavy atom. The third kappa shape index (κ3) is 4.48. The van der Waals surface area contributed by atoms with Gasteiger partial charge < -0.3 is 18.9 Å². The van der Waals surface area contributed by atoms with E-state index >= 15 is 0 Å². The highest BCUT2D eigenvalue weighted by Crippen LogP contribution is 2.44. The highest BCUT2D eigenvalue weighted by Gasteiger charge is 2.35. The van der Waals surface area contributed by atoms with Crippen LogP contribution in [0.15, 0.2) is 30.3 Å². The second-order valence-electron chi connectivity index (χ2n) is 4.70. The van der Waals surface area contributed by atoms with Gasteiger partial charge >= 0.3 is 12.3 Å². The minimum atomic E-state index is -5.14. The SMILES string of the molecule is COC(=O)c1ccc(Oc2cc(Cl)c(OC(F)(F)F)c(F)c2OC)cc1. The van der Waals surface area contributed by atoms with Gasteiger partial charge in [0.2, 0.25) is 11.6 Å². The topological polar surface area (TPSA) is 54.0 Å². The summed E-state index contributed by atoms with van der Waals surface area (Å²) in [5.74, 6) is -4.04. The number of hydrogen-bond donors (Lipinski definition) is 0. The number of ether oxygens (including phenoxy) is 4. The van der Waals surface area contributed by atoms with Gasteiger partial charge in [-0.2, -0.15) is 4.39 Å². The third-order valence-electron chi connectivity index (χ3n) is 3.02. The molecule has 0 amide bonds. The Labute approximate surface area is 150 Å². The molecule has 0 aliphatic rings. The van der Waals surface area contributed by atoms with E-state index in [2.05, 4.69) is 9.47 Å². The first-order chi connectivity index (χ1) is 12.2. The lowest BCUT2D eigenvalue weighted by Gasteiger charge is -2.16. The number of benzene rings is 2. The number of rotatable bonds is 5. The number of hydrogen-bond acceptors (Lipinski definition) is 5. The molecule has 5 nitrogen and oxygen atoms in total. The molecule has 0 N–H and O–H groups in total. The van der Waals surface area contributed by atoms with Crippen LogP contribution in [0.2, 0.25) is 5.02 Å². The van der Waals surface area contributed by atoms with Crippen LogP contribution in [0.5, 0.6) is 23.0 Å². The molecule has 0 aromatic heterocycles. The largest absolute Gasteiger partial charge is 0.573 e. The van der Waals surface area contributed by atoms with Crippen LogP contribution in [0.25, 0.3) is 0 Å². The summed E-state index contributed by atoms with van der Waals surface area (Å²) < 4.78 is 69.6. The van der Waals surface area contributed by atoms with Crippen molar-refractivity contribution in [2.75, 3.05) is 14.2 Å². The van der Waals surface area contributed by atoms with Gasteiger partial charge in [-0.05, 0) is 24.3 Å². The smallest absolute Gasteiger partial charge is 0.490 e. The van der Waals surface area contributed by atoms with E-state index < -0.39 is 34.7 Å². The number of methoxy groups -OCH3 is 2. The molecular formula is C16H11ClF4O5. The highest BCUT2D eigenvalue weighted by molar-refractivity contribution is 6.32. The van der Waals surface area contributed by atoms with E-state index in [1.54, 1.807) is 0 Å². The summed E-state index contributed by atoms with van der Waals surface area (Å²) in [7, 11) is 2.25. The predicted octanol–water partition coefficient (Wildman–Crippen LogP) is 4.97. The molecule has 0 saturated heterocycles. The van der Waals surface area contributed by atoms with Gasteiger partial charge in [0.15, 0.2) is 11.5 Å². The van der Waals surface area contributed by atoms with Gasteiger partial charge in [0.05, 0.1) is 24.8 Å². The van der Waals surface area contributed by atoms with Crippen molar-refractivity contribution in [1.82, 2.24) is 0 Å². The maximum atomic E-state index is 14.3. The van der Waals surface area contributed by atoms with Crippen molar-refractivity contribution >= 4 is 17.6 Å². The first-order valence-corrected chi connectivity index (χ1v) is 7.22. The Hall–Kier alpha value is -2.68. The molecule has 0 saturated carbocycles. The fraction of sp³-hybridized carbons (Fsp3) is 0.188. The van der Waals surface area contributed by atoms with Crippen LogP contribution >= 0.6 is 11.6 Å². The van der Waals surface area contributed by atoms with Crippen molar-refractivity contribution in [3.63, 3.8) is 0 Å². The molecule has 0 aliphatic carbocycles. The zero-order valence-electron chi connectivity index (χ0n) is 13.3. The van der Waals surface area contributed by atoms with Gasteiger partial charge in [-0.25, -0.2) is 4.79 Å². The van der Waals surface area contributed by atoms with Crippen LogP contribution in [0, 0.1) is 5.82 Å². The molecule has 0 unspecified atom stereocenters. The lowest BCUT2D eigenvalue weighted by molar-refractivity contribution is -0.275. The number of carbonyl (C=O) groups is 1. The molecule has 10 heteroatoms. The third-order valence-corrected chi connectivity index (χ3v) is 3.30. The summed E-state index contributed by atoms with van der Waals surface area (Å²) in [5, 5.41) is -0.665. The highest BCUT2D eigenvalue weighted by atomic mass is 35.5. The van der Waals surface area contributed by atoms with E-state index in [4.69, 9.17) is 21.1 Å². The molecule has 0 fully saturated rings. The summed E-state index contributed by atoms with van der Waals surface area (Å²) in [6.07, 6.45) is -5.14. The van der Waals surface area contributed by atoms with Gasteiger partial charge in [-0.1, -0.05) is 11.6 Å². The molecule has 26 heavy (non-hydrogen) atoms. The van der Waals surface area contributed by atoms with Gasteiger partial charge in [0.25, 0.3) is 0 Å². The van der Waals surface area contributed by atoms with Gasteiger partial charge in [0.1, 0.15) is 5.75 Å². The maximum Gasteiger partial charge on any atom is 0.573 e. The lowest BCUT2D eigenvalue weighted by Crippen LogP contribution is -2.18. The summed E-state index contributed by atoms with van der Waals surface area (Å²) in [6, 6.07) is 6.42. The van der Waals surface area contributed by atoms with Crippen LogP contribution in [0.4, 0.5) is 17.6 Å². The zero-order valence-corrected chi connectivity index (χ0v) is 14.1. The van der Waals surface area contributed by atoms with Gasteiger partial charge in [0, 0.05) is 6.07 Å². The Morgan fingerprint density at radius 2 is 1.69 bits per heavy atom. The van der Waals surface area contributed by atoms with Crippen molar-refractivity contribution in [2.45, 2.75) is 6.36 Å². The molecule has 140 valence electrons. The van der Waals surface area contributed by atoms with E-state index in [9.17, 15) is 22.4 Å².